The van der Waals surface area contributed by atoms with E-state index in [9.17, 15) is 4.79 Å². The Morgan fingerprint density at radius 2 is 1.84 bits per heavy atom. The van der Waals surface area contributed by atoms with Crippen molar-refractivity contribution in [1.82, 2.24) is 4.90 Å². The van der Waals surface area contributed by atoms with Crippen molar-refractivity contribution in [2.75, 3.05) is 18.5 Å². The number of carbonyl (C=O) groups excluding carboxylic acids is 1. The lowest BCUT2D eigenvalue weighted by Gasteiger charge is -2.25. The van der Waals surface area contributed by atoms with Gasteiger partial charge in [-0.1, -0.05) is 60.2 Å². The molecule has 0 aromatic heterocycles. The number of aryl methyl sites for hydroxylation is 1. The number of nitrogens with one attached hydrogen (secondary N) is 1. The fourth-order valence-electron chi connectivity index (χ4n) is 2.53. The van der Waals surface area contributed by atoms with Gasteiger partial charge >= 0.3 is 6.09 Å². The van der Waals surface area contributed by atoms with Gasteiger partial charge in [-0.2, -0.15) is 5.10 Å². The lowest BCUT2D eigenvalue weighted by atomic mass is 10.1. The Bertz CT molecular complexity index is 971. The second-order valence-electron chi connectivity index (χ2n) is 7.76. The van der Waals surface area contributed by atoms with Crippen LogP contribution in [0.1, 0.15) is 38.8 Å². The fraction of sp³-hybridized carbons (Fsp3) is 0.333. The molecule has 2 rings (SSSR count). The van der Waals surface area contributed by atoms with Crippen LogP contribution in [0.25, 0.3) is 0 Å². The zero-order valence-corrected chi connectivity index (χ0v) is 19.7. The first kappa shape index (κ1) is 24.6. The van der Waals surface area contributed by atoms with E-state index in [0.29, 0.717) is 5.02 Å². The van der Waals surface area contributed by atoms with Gasteiger partial charge in [0.25, 0.3) is 0 Å². The van der Waals surface area contributed by atoms with Crippen LogP contribution in [-0.4, -0.2) is 34.9 Å². The number of rotatable bonds is 6. The zero-order chi connectivity index (χ0) is 22.9. The van der Waals surface area contributed by atoms with Crippen LogP contribution < -0.4 is 5.43 Å². The predicted octanol–water partition coefficient (Wildman–Crippen LogP) is 6.16. The molecule has 1 amide bonds. The summed E-state index contributed by atoms with van der Waals surface area (Å²) in [5, 5.41) is 5.07. The number of benzene rings is 2. The van der Waals surface area contributed by atoms with Crippen LogP contribution in [0, 0.1) is 11.8 Å². The molecular formula is C24H27Cl2N3O2. The maximum Gasteiger partial charge on any atom is 0.411 e. The third kappa shape index (κ3) is 8.92. The molecule has 0 aliphatic rings. The lowest BCUT2D eigenvalue weighted by Crippen LogP contribution is -2.39. The van der Waals surface area contributed by atoms with Gasteiger partial charge in [-0.05, 0) is 63.1 Å². The number of hydrazone groups is 1. The minimum atomic E-state index is -0.638. The first-order valence-electron chi connectivity index (χ1n) is 9.96. The molecule has 164 valence electrons. The van der Waals surface area contributed by atoms with Crippen LogP contribution in [0.15, 0.2) is 53.6 Å². The summed E-state index contributed by atoms with van der Waals surface area (Å²) in [5.41, 5.74) is 5.12. The molecule has 0 aliphatic heterocycles. The van der Waals surface area contributed by atoms with Crippen molar-refractivity contribution in [3.8, 4) is 11.8 Å². The molecule has 0 bridgehead atoms. The van der Waals surface area contributed by atoms with E-state index in [4.69, 9.17) is 27.9 Å². The normalized spacial score (nSPS) is 11.4. The van der Waals surface area contributed by atoms with E-state index in [1.165, 1.54) is 4.90 Å². The Balaban J connectivity index is 2.12. The number of para-hydroxylation sites is 1. The largest absolute Gasteiger partial charge is 0.444 e. The van der Waals surface area contributed by atoms with Gasteiger partial charge in [0.2, 0.25) is 0 Å². The van der Waals surface area contributed by atoms with Crippen LogP contribution in [0.2, 0.25) is 5.02 Å². The Labute approximate surface area is 194 Å². The number of hydrogen-bond donors (Lipinski definition) is 1. The van der Waals surface area contributed by atoms with E-state index in [1.54, 1.807) is 32.9 Å². The van der Waals surface area contributed by atoms with Crippen molar-refractivity contribution in [3.05, 3.63) is 64.7 Å². The maximum atomic E-state index is 12.6. The molecule has 5 nitrogen and oxygen atoms in total. The highest BCUT2D eigenvalue weighted by atomic mass is 35.5. The molecule has 0 saturated carbocycles. The van der Waals surface area contributed by atoms with Crippen molar-refractivity contribution in [2.24, 2.45) is 5.10 Å². The number of anilines is 1. The number of hydrogen-bond acceptors (Lipinski definition) is 4. The molecule has 2 aromatic rings. The van der Waals surface area contributed by atoms with Crippen molar-refractivity contribution in [3.63, 3.8) is 0 Å². The van der Waals surface area contributed by atoms with E-state index in [2.05, 4.69) is 29.3 Å². The number of ether oxygens (including phenoxy) is 1. The van der Waals surface area contributed by atoms with E-state index in [-0.39, 0.29) is 18.3 Å². The third-order valence-electron chi connectivity index (χ3n) is 4.02. The highest BCUT2D eigenvalue weighted by molar-refractivity contribution is 6.66. The first-order chi connectivity index (χ1) is 14.7. The molecule has 0 heterocycles. The molecule has 31 heavy (non-hydrogen) atoms. The van der Waals surface area contributed by atoms with Crippen molar-refractivity contribution >= 4 is 40.2 Å². The van der Waals surface area contributed by atoms with Crippen LogP contribution in [0.5, 0.6) is 0 Å². The monoisotopic (exact) mass is 459 g/mol. The molecule has 2 aromatic carbocycles. The quantitative estimate of drug-likeness (QED) is 0.319. The van der Waals surface area contributed by atoms with Crippen LogP contribution in [-0.2, 0) is 11.2 Å². The summed E-state index contributed by atoms with van der Waals surface area (Å²) in [5.74, 6) is 5.99. The zero-order valence-electron chi connectivity index (χ0n) is 18.2. The molecule has 0 spiro atoms. The average Bonchev–Trinajstić information content (AvgIpc) is 2.71. The molecule has 0 unspecified atom stereocenters. The van der Waals surface area contributed by atoms with Crippen LogP contribution >= 0.6 is 23.2 Å². The molecule has 0 atom stereocenters. The topological polar surface area (TPSA) is 53.9 Å². The highest BCUT2D eigenvalue weighted by Crippen LogP contribution is 2.16. The lowest BCUT2D eigenvalue weighted by molar-refractivity contribution is 0.0303. The summed E-state index contributed by atoms with van der Waals surface area (Å²) >= 11 is 12.2. The molecule has 0 fully saturated rings. The van der Waals surface area contributed by atoms with Gasteiger partial charge in [0, 0.05) is 10.6 Å². The summed E-state index contributed by atoms with van der Waals surface area (Å²) in [4.78, 5) is 14.1. The fourth-order valence-corrected chi connectivity index (χ4v) is 2.85. The molecule has 0 radical (unpaired) electrons. The standard InChI is InChI=1S/C24H27Cl2N3O2/c1-5-19-10-6-7-11-21(19)27-28-22(26)17-29(23(30)31-24(2,3)4)16-8-9-18-12-14-20(25)15-13-18/h6-7,10-15,27H,5,16-17H2,1-4H3/b28-22-. The van der Waals surface area contributed by atoms with Gasteiger partial charge in [0.05, 0.1) is 18.8 Å². The Hall–Kier alpha value is -2.68. The highest BCUT2D eigenvalue weighted by Gasteiger charge is 2.22. The van der Waals surface area contributed by atoms with Crippen molar-refractivity contribution in [1.29, 1.82) is 0 Å². The predicted molar refractivity (Wildman–Crippen MR) is 129 cm³/mol. The minimum Gasteiger partial charge on any atom is -0.444 e. The van der Waals surface area contributed by atoms with Gasteiger partial charge in [-0.3, -0.25) is 10.3 Å². The van der Waals surface area contributed by atoms with Gasteiger partial charge < -0.3 is 4.74 Å². The minimum absolute atomic E-state index is 0.0626. The van der Waals surface area contributed by atoms with E-state index in [0.717, 1.165) is 23.2 Å². The van der Waals surface area contributed by atoms with Crippen molar-refractivity contribution < 1.29 is 9.53 Å². The number of halogens is 2. The van der Waals surface area contributed by atoms with Crippen LogP contribution in [0.4, 0.5) is 10.5 Å². The van der Waals surface area contributed by atoms with Gasteiger partial charge in [-0.15, -0.1) is 0 Å². The van der Waals surface area contributed by atoms with Crippen LogP contribution in [0.3, 0.4) is 0 Å². The maximum absolute atomic E-state index is 12.6. The molecule has 1 N–H and O–H groups in total. The van der Waals surface area contributed by atoms with E-state index in [1.807, 2.05) is 36.4 Å². The number of nitrogens with zero attached hydrogens (tertiary/aromatic N) is 2. The van der Waals surface area contributed by atoms with Gasteiger partial charge in [0.15, 0.2) is 0 Å². The number of amides is 1. The third-order valence-corrected chi connectivity index (χ3v) is 4.47. The van der Waals surface area contributed by atoms with E-state index >= 15 is 0 Å². The van der Waals surface area contributed by atoms with Gasteiger partial charge in [-0.25, -0.2) is 4.79 Å². The second-order valence-corrected chi connectivity index (χ2v) is 8.63. The first-order valence-corrected chi connectivity index (χ1v) is 10.7. The molecule has 0 saturated heterocycles. The smallest absolute Gasteiger partial charge is 0.411 e. The van der Waals surface area contributed by atoms with Gasteiger partial charge in [0.1, 0.15) is 10.8 Å². The Morgan fingerprint density at radius 1 is 1.16 bits per heavy atom. The number of carbonyl (C=O) groups is 1. The summed E-state index contributed by atoms with van der Waals surface area (Å²) < 4.78 is 5.49. The van der Waals surface area contributed by atoms with Crippen molar-refractivity contribution in [2.45, 2.75) is 39.7 Å². The summed E-state index contributed by atoms with van der Waals surface area (Å²) in [7, 11) is 0. The SMILES string of the molecule is CCc1ccccc1N/N=C(\Cl)CN(CC#Cc1ccc(Cl)cc1)C(=O)OC(C)(C)C. The van der Waals surface area contributed by atoms with E-state index < -0.39 is 11.7 Å². The summed E-state index contributed by atoms with van der Waals surface area (Å²) in [6.45, 7) is 7.68. The molecule has 7 heteroatoms. The molecule has 0 aliphatic carbocycles. The molecular weight excluding hydrogens is 433 g/mol. The second kappa shape index (κ2) is 11.6. The summed E-state index contributed by atoms with van der Waals surface area (Å²) in [6.07, 6.45) is 0.348. The summed E-state index contributed by atoms with van der Waals surface area (Å²) in [6, 6.07) is 15.0. The Kier molecular flexibility index (Phi) is 9.23. The Morgan fingerprint density at radius 3 is 2.48 bits per heavy atom. The average molecular weight is 460 g/mol.